The minimum atomic E-state index is -0.0297. The Labute approximate surface area is 115 Å². The van der Waals surface area contributed by atoms with Crippen LogP contribution < -0.4 is 11.1 Å². The molecule has 1 aliphatic carbocycles. The van der Waals surface area contributed by atoms with E-state index in [0.717, 1.165) is 19.3 Å². The Morgan fingerprint density at radius 2 is 2.05 bits per heavy atom. The predicted molar refractivity (Wildman–Crippen MR) is 75.5 cm³/mol. The summed E-state index contributed by atoms with van der Waals surface area (Å²) in [5.41, 5.74) is 5.95. The molecular formula is C14H27N3O2. The summed E-state index contributed by atoms with van der Waals surface area (Å²) in [4.78, 5) is 24.7. The second-order valence-electron chi connectivity index (χ2n) is 5.57. The molecule has 0 saturated heterocycles. The van der Waals surface area contributed by atoms with Crippen molar-refractivity contribution >= 4 is 11.8 Å². The summed E-state index contributed by atoms with van der Waals surface area (Å²) >= 11 is 0. The zero-order valence-corrected chi connectivity index (χ0v) is 12.2. The lowest BCUT2D eigenvalue weighted by molar-refractivity contribution is -0.130. The number of carbonyl (C=O) groups excluding carboxylic acids is 2. The largest absolute Gasteiger partial charge is 0.359 e. The van der Waals surface area contributed by atoms with Gasteiger partial charge in [-0.05, 0) is 25.2 Å². The summed E-state index contributed by atoms with van der Waals surface area (Å²) in [6.07, 6.45) is 6.42. The number of rotatable bonds is 6. The number of hydrogen-bond acceptors (Lipinski definition) is 3. The number of hydrogen-bond donors (Lipinski definition) is 2. The lowest BCUT2D eigenvalue weighted by atomic mass is 9.83. The van der Waals surface area contributed by atoms with Crippen LogP contribution in [0.5, 0.6) is 0 Å². The van der Waals surface area contributed by atoms with Gasteiger partial charge in [0.25, 0.3) is 0 Å². The Morgan fingerprint density at radius 1 is 1.32 bits per heavy atom. The molecule has 2 atom stereocenters. The number of nitrogens with zero attached hydrogens (tertiary/aromatic N) is 1. The minimum Gasteiger partial charge on any atom is -0.359 e. The third-order valence-electron chi connectivity index (χ3n) is 3.97. The molecule has 1 fully saturated rings. The van der Waals surface area contributed by atoms with Crippen LogP contribution in [0.25, 0.3) is 0 Å². The molecule has 0 spiro atoms. The molecule has 2 amide bonds. The highest BCUT2D eigenvalue weighted by Gasteiger charge is 2.20. The Balaban J connectivity index is 2.20. The van der Waals surface area contributed by atoms with Gasteiger partial charge in [-0.1, -0.05) is 12.8 Å². The average molecular weight is 269 g/mol. The van der Waals surface area contributed by atoms with E-state index in [2.05, 4.69) is 5.32 Å². The van der Waals surface area contributed by atoms with Crippen LogP contribution in [0.1, 0.15) is 44.9 Å². The SMILES string of the molecule is CNC(=O)CCN(C)C(=O)CCC1CCCC(N)C1. The van der Waals surface area contributed by atoms with Gasteiger partial charge in [-0.15, -0.1) is 0 Å². The van der Waals surface area contributed by atoms with Crippen LogP contribution in [0.3, 0.4) is 0 Å². The lowest BCUT2D eigenvalue weighted by Gasteiger charge is -2.27. The molecule has 0 aliphatic heterocycles. The first kappa shape index (κ1) is 16.0. The monoisotopic (exact) mass is 269 g/mol. The average Bonchev–Trinajstić information content (AvgIpc) is 2.41. The highest BCUT2D eigenvalue weighted by molar-refractivity contribution is 5.78. The molecule has 1 rings (SSSR count). The summed E-state index contributed by atoms with van der Waals surface area (Å²) in [6, 6.07) is 0.319. The van der Waals surface area contributed by atoms with Crippen molar-refractivity contribution in [3.8, 4) is 0 Å². The Morgan fingerprint density at radius 3 is 2.68 bits per heavy atom. The first-order valence-electron chi connectivity index (χ1n) is 7.23. The van der Waals surface area contributed by atoms with Crippen LogP contribution >= 0.6 is 0 Å². The maximum absolute atomic E-state index is 11.9. The molecule has 0 radical (unpaired) electrons. The summed E-state index contributed by atoms with van der Waals surface area (Å²) in [5, 5.41) is 2.56. The zero-order valence-electron chi connectivity index (χ0n) is 12.2. The van der Waals surface area contributed by atoms with E-state index in [-0.39, 0.29) is 11.8 Å². The van der Waals surface area contributed by atoms with E-state index in [9.17, 15) is 9.59 Å². The van der Waals surface area contributed by atoms with Gasteiger partial charge < -0.3 is 16.0 Å². The summed E-state index contributed by atoms with van der Waals surface area (Å²) in [7, 11) is 3.37. The van der Waals surface area contributed by atoms with Crippen molar-refractivity contribution in [2.24, 2.45) is 11.7 Å². The van der Waals surface area contributed by atoms with Crippen molar-refractivity contribution in [1.82, 2.24) is 10.2 Å². The normalized spacial score (nSPS) is 22.9. The third-order valence-corrected chi connectivity index (χ3v) is 3.97. The molecule has 110 valence electrons. The Kier molecular flexibility index (Phi) is 6.84. The van der Waals surface area contributed by atoms with Crippen LogP contribution in [-0.4, -0.2) is 43.4 Å². The fourth-order valence-electron chi connectivity index (χ4n) is 2.63. The van der Waals surface area contributed by atoms with Gasteiger partial charge in [-0.3, -0.25) is 9.59 Å². The second-order valence-corrected chi connectivity index (χ2v) is 5.57. The number of nitrogens with two attached hydrogens (primary N) is 1. The van der Waals surface area contributed by atoms with Gasteiger partial charge in [-0.2, -0.15) is 0 Å². The van der Waals surface area contributed by atoms with Crippen LogP contribution in [0.4, 0.5) is 0 Å². The molecular weight excluding hydrogens is 242 g/mol. The van der Waals surface area contributed by atoms with Crippen molar-refractivity contribution < 1.29 is 9.59 Å². The topological polar surface area (TPSA) is 75.4 Å². The molecule has 2 unspecified atom stereocenters. The number of nitrogens with one attached hydrogen (secondary N) is 1. The molecule has 3 N–H and O–H groups in total. The second kappa shape index (κ2) is 8.15. The van der Waals surface area contributed by atoms with E-state index in [1.807, 2.05) is 0 Å². The highest BCUT2D eigenvalue weighted by atomic mass is 16.2. The van der Waals surface area contributed by atoms with Crippen LogP contribution in [0.15, 0.2) is 0 Å². The van der Waals surface area contributed by atoms with Crippen molar-refractivity contribution in [1.29, 1.82) is 0 Å². The Bertz CT molecular complexity index is 307. The number of amides is 2. The van der Waals surface area contributed by atoms with E-state index in [1.54, 1.807) is 19.0 Å². The van der Waals surface area contributed by atoms with Crippen LogP contribution in [-0.2, 0) is 9.59 Å². The molecule has 0 aromatic carbocycles. The fraction of sp³-hybridized carbons (Fsp3) is 0.857. The summed E-state index contributed by atoms with van der Waals surface area (Å²) in [5.74, 6) is 0.695. The maximum Gasteiger partial charge on any atom is 0.222 e. The quantitative estimate of drug-likeness (QED) is 0.751. The van der Waals surface area contributed by atoms with E-state index < -0.39 is 0 Å². The molecule has 1 aliphatic rings. The van der Waals surface area contributed by atoms with Gasteiger partial charge >= 0.3 is 0 Å². The van der Waals surface area contributed by atoms with Gasteiger partial charge in [0.15, 0.2) is 0 Å². The van der Waals surface area contributed by atoms with Crippen LogP contribution in [0.2, 0.25) is 0 Å². The molecule has 0 aromatic rings. The summed E-state index contributed by atoms with van der Waals surface area (Å²) in [6.45, 7) is 0.489. The summed E-state index contributed by atoms with van der Waals surface area (Å²) < 4.78 is 0. The van der Waals surface area contributed by atoms with Crippen molar-refractivity contribution in [2.75, 3.05) is 20.6 Å². The lowest BCUT2D eigenvalue weighted by Crippen LogP contribution is -2.32. The smallest absolute Gasteiger partial charge is 0.222 e. The third kappa shape index (κ3) is 6.05. The standard InChI is InChI=1S/C14H27N3O2/c1-16-13(18)8-9-17(2)14(19)7-6-11-4-3-5-12(15)10-11/h11-12H,3-10,15H2,1-2H3,(H,16,18). The fourth-order valence-corrected chi connectivity index (χ4v) is 2.63. The van der Waals surface area contributed by atoms with E-state index in [1.165, 1.54) is 12.8 Å². The van der Waals surface area contributed by atoms with Gasteiger partial charge in [0.1, 0.15) is 0 Å². The molecule has 5 heteroatoms. The van der Waals surface area contributed by atoms with Crippen molar-refractivity contribution in [3.63, 3.8) is 0 Å². The van der Waals surface area contributed by atoms with Gasteiger partial charge in [-0.25, -0.2) is 0 Å². The minimum absolute atomic E-state index is 0.0297. The van der Waals surface area contributed by atoms with E-state index >= 15 is 0 Å². The molecule has 0 heterocycles. The first-order chi connectivity index (χ1) is 9.02. The zero-order chi connectivity index (χ0) is 14.3. The molecule has 0 bridgehead atoms. The molecule has 19 heavy (non-hydrogen) atoms. The molecule has 5 nitrogen and oxygen atoms in total. The maximum atomic E-state index is 11.9. The number of carbonyl (C=O) groups is 2. The van der Waals surface area contributed by atoms with Gasteiger partial charge in [0.2, 0.25) is 11.8 Å². The highest BCUT2D eigenvalue weighted by Crippen LogP contribution is 2.26. The van der Waals surface area contributed by atoms with Gasteiger partial charge in [0.05, 0.1) is 0 Å². The molecule has 1 saturated carbocycles. The first-order valence-corrected chi connectivity index (χ1v) is 7.23. The molecule has 0 aromatic heterocycles. The Hall–Kier alpha value is -1.10. The van der Waals surface area contributed by atoms with Gasteiger partial charge in [0, 0.05) is 39.5 Å². The van der Waals surface area contributed by atoms with Crippen LogP contribution in [0, 0.1) is 5.92 Å². The van der Waals surface area contributed by atoms with Crippen molar-refractivity contribution in [2.45, 2.75) is 51.0 Å². The van der Waals surface area contributed by atoms with E-state index in [4.69, 9.17) is 5.73 Å². The van der Waals surface area contributed by atoms with Crippen molar-refractivity contribution in [3.05, 3.63) is 0 Å². The van der Waals surface area contributed by atoms with E-state index in [0.29, 0.717) is 31.3 Å². The predicted octanol–water partition coefficient (Wildman–Crippen LogP) is 0.879.